The van der Waals surface area contributed by atoms with Crippen LogP contribution in [0.5, 0.6) is 5.75 Å². The second-order valence-corrected chi connectivity index (χ2v) is 5.30. The smallest absolute Gasteiger partial charge is 0.124 e. The Morgan fingerprint density at radius 3 is 2.90 bits per heavy atom. The van der Waals surface area contributed by atoms with Crippen LogP contribution in [-0.4, -0.2) is 16.3 Å². The largest absolute Gasteiger partial charge is 0.491 e. The zero-order valence-corrected chi connectivity index (χ0v) is 12.3. The number of benzene rings is 2. The maximum absolute atomic E-state index is 5.84. The summed E-state index contributed by atoms with van der Waals surface area (Å²) in [4.78, 5) is 0. The lowest BCUT2D eigenvalue weighted by Gasteiger charge is -2.15. The first kappa shape index (κ1) is 13.5. The summed E-state index contributed by atoms with van der Waals surface area (Å²) in [6.45, 7) is 4.81. The summed E-state index contributed by atoms with van der Waals surface area (Å²) in [5.74, 6) is 0.935. The minimum absolute atomic E-state index is 0.174. The van der Waals surface area contributed by atoms with Crippen molar-refractivity contribution in [1.29, 1.82) is 0 Å². The van der Waals surface area contributed by atoms with E-state index in [4.69, 9.17) is 4.74 Å². The predicted octanol–water partition coefficient (Wildman–Crippen LogP) is 3.96. The minimum atomic E-state index is 0.174. The first-order chi connectivity index (χ1) is 10.2. The molecule has 3 rings (SSSR count). The molecule has 0 fully saturated rings. The predicted molar refractivity (Wildman–Crippen MR) is 85.6 cm³/mol. The quantitative estimate of drug-likeness (QED) is 0.744. The van der Waals surface area contributed by atoms with Crippen molar-refractivity contribution in [2.45, 2.75) is 26.5 Å². The fraction of sp³-hybridized carbons (Fsp3) is 0.235. The zero-order chi connectivity index (χ0) is 14.7. The molecular formula is C17H19N3O. The summed E-state index contributed by atoms with van der Waals surface area (Å²) in [6, 6.07) is 14.3. The van der Waals surface area contributed by atoms with Crippen molar-refractivity contribution in [3.63, 3.8) is 0 Å². The van der Waals surface area contributed by atoms with Crippen molar-refractivity contribution in [3.05, 3.63) is 54.2 Å². The van der Waals surface area contributed by atoms with Crippen LogP contribution in [-0.2, 0) is 6.54 Å². The second kappa shape index (κ2) is 5.87. The van der Waals surface area contributed by atoms with E-state index < -0.39 is 0 Å². The first-order valence-corrected chi connectivity index (χ1v) is 7.14. The van der Waals surface area contributed by atoms with Crippen molar-refractivity contribution >= 4 is 16.6 Å². The van der Waals surface area contributed by atoms with Gasteiger partial charge < -0.3 is 10.1 Å². The number of ether oxygens (including phenoxy) is 1. The molecule has 0 aliphatic heterocycles. The molecular weight excluding hydrogens is 262 g/mol. The molecule has 4 heteroatoms. The van der Waals surface area contributed by atoms with Gasteiger partial charge in [-0.1, -0.05) is 18.2 Å². The number of nitrogens with one attached hydrogen (secondary N) is 2. The Balaban J connectivity index is 1.74. The standard InChI is InChI=1S/C17H19N3O/c1-12(2)21-17-6-4-3-5-13(17)10-18-15-7-8-16-14(9-15)11-19-20-16/h3-9,11-12,18H,10H2,1-2H3,(H,19,20). The maximum atomic E-state index is 5.84. The van der Waals surface area contributed by atoms with Crippen LogP contribution in [0.2, 0.25) is 0 Å². The number of hydrogen-bond acceptors (Lipinski definition) is 3. The van der Waals surface area contributed by atoms with Gasteiger partial charge in [0.15, 0.2) is 0 Å². The molecule has 0 aliphatic carbocycles. The molecule has 0 atom stereocenters. The molecule has 2 aromatic carbocycles. The van der Waals surface area contributed by atoms with E-state index in [-0.39, 0.29) is 6.10 Å². The van der Waals surface area contributed by atoms with E-state index in [1.807, 2.05) is 50.4 Å². The molecule has 0 saturated carbocycles. The SMILES string of the molecule is CC(C)Oc1ccccc1CNc1ccc2[nH]ncc2c1. The highest BCUT2D eigenvalue weighted by Gasteiger charge is 2.05. The zero-order valence-electron chi connectivity index (χ0n) is 12.3. The van der Waals surface area contributed by atoms with Crippen LogP contribution in [0, 0.1) is 0 Å². The molecule has 2 N–H and O–H groups in total. The molecule has 1 heterocycles. The topological polar surface area (TPSA) is 49.9 Å². The molecule has 21 heavy (non-hydrogen) atoms. The number of nitrogens with zero attached hydrogens (tertiary/aromatic N) is 1. The van der Waals surface area contributed by atoms with Gasteiger partial charge in [-0.2, -0.15) is 5.10 Å². The van der Waals surface area contributed by atoms with Gasteiger partial charge in [-0.05, 0) is 38.1 Å². The summed E-state index contributed by atoms with van der Waals surface area (Å²) in [6.07, 6.45) is 2.00. The molecule has 3 aromatic rings. The molecule has 108 valence electrons. The van der Waals surface area contributed by atoms with Crippen molar-refractivity contribution in [3.8, 4) is 5.75 Å². The van der Waals surface area contributed by atoms with Crippen LogP contribution < -0.4 is 10.1 Å². The number of anilines is 1. The van der Waals surface area contributed by atoms with E-state index in [9.17, 15) is 0 Å². The maximum Gasteiger partial charge on any atom is 0.124 e. The van der Waals surface area contributed by atoms with Crippen LogP contribution in [0.15, 0.2) is 48.7 Å². The Bertz CT molecular complexity index is 733. The van der Waals surface area contributed by atoms with Gasteiger partial charge in [-0.3, -0.25) is 5.10 Å². The van der Waals surface area contributed by atoms with Gasteiger partial charge >= 0.3 is 0 Å². The third kappa shape index (κ3) is 3.16. The summed E-state index contributed by atoms with van der Waals surface area (Å²) in [5.41, 5.74) is 3.27. The van der Waals surface area contributed by atoms with E-state index in [2.05, 4.69) is 27.6 Å². The van der Waals surface area contributed by atoms with E-state index in [0.29, 0.717) is 0 Å². The number of rotatable bonds is 5. The molecule has 0 unspecified atom stereocenters. The Kier molecular flexibility index (Phi) is 3.77. The average Bonchev–Trinajstić information content (AvgIpc) is 2.93. The van der Waals surface area contributed by atoms with Crippen LogP contribution in [0.1, 0.15) is 19.4 Å². The fourth-order valence-corrected chi connectivity index (χ4v) is 2.27. The number of aromatic amines is 1. The Labute approximate surface area is 124 Å². The summed E-state index contributed by atoms with van der Waals surface area (Å²) in [5, 5.41) is 11.5. The highest BCUT2D eigenvalue weighted by Crippen LogP contribution is 2.22. The normalized spacial score (nSPS) is 11.0. The van der Waals surface area contributed by atoms with Gasteiger partial charge in [0.25, 0.3) is 0 Å². The molecule has 0 spiro atoms. The molecule has 0 aliphatic rings. The molecule has 1 aromatic heterocycles. The fourth-order valence-electron chi connectivity index (χ4n) is 2.27. The monoisotopic (exact) mass is 281 g/mol. The lowest BCUT2D eigenvalue weighted by molar-refractivity contribution is 0.240. The van der Waals surface area contributed by atoms with Gasteiger partial charge in [0, 0.05) is 23.2 Å². The summed E-state index contributed by atoms with van der Waals surface area (Å²) >= 11 is 0. The van der Waals surface area contributed by atoms with Gasteiger partial charge in [-0.15, -0.1) is 0 Å². The molecule has 0 amide bonds. The molecule has 4 nitrogen and oxygen atoms in total. The van der Waals surface area contributed by atoms with Crippen molar-refractivity contribution in [1.82, 2.24) is 10.2 Å². The van der Waals surface area contributed by atoms with Crippen LogP contribution in [0.4, 0.5) is 5.69 Å². The number of fused-ring (bicyclic) bond motifs is 1. The number of para-hydroxylation sites is 1. The summed E-state index contributed by atoms with van der Waals surface area (Å²) < 4.78 is 5.84. The first-order valence-electron chi connectivity index (χ1n) is 7.14. The van der Waals surface area contributed by atoms with Crippen LogP contribution in [0.3, 0.4) is 0 Å². The van der Waals surface area contributed by atoms with Crippen molar-refractivity contribution in [2.24, 2.45) is 0 Å². The number of H-pyrrole nitrogens is 1. The lowest BCUT2D eigenvalue weighted by Crippen LogP contribution is -2.09. The molecule has 0 radical (unpaired) electrons. The van der Waals surface area contributed by atoms with Gasteiger partial charge in [0.1, 0.15) is 5.75 Å². The van der Waals surface area contributed by atoms with E-state index in [1.165, 1.54) is 0 Å². The third-order valence-electron chi connectivity index (χ3n) is 3.26. The molecule has 0 saturated heterocycles. The van der Waals surface area contributed by atoms with E-state index >= 15 is 0 Å². The van der Waals surface area contributed by atoms with E-state index in [1.54, 1.807) is 0 Å². The Morgan fingerprint density at radius 2 is 2.05 bits per heavy atom. The van der Waals surface area contributed by atoms with Crippen molar-refractivity contribution < 1.29 is 4.74 Å². The van der Waals surface area contributed by atoms with Gasteiger partial charge in [0.05, 0.1) is 17.8 Å². The highest BCUT2D eigenvalue weighted by molar-refractivity contribution is 5.81. The molecule has 0 bridgehead atoms. The van der Waals surface area contributed by atoms with Gasteiger partial charge in [-0.25, -0.2) is 0 Å². The van der Waals surface area contributed by atoms with Crippen molar-refractivity contribution in [2.75, 3.05) is 5.32 Å². The number of aromatic nitrogens is 2. The minimum Gasteiger partial charge on any atom is -0.491 e. The van der Waals surface area contributed by atoms with E-state index in [0.717, 1.165) is 34.4 Å². The summed E-state index contributed by atoms with van der Waals surface area (Å²) in [7, 11) is 0. The lowest BCUT2D eigenvalue weighted by atomic mass is 10.2. The Morgan fingerprint density at radius 1 is 1.19 bits per heavy atom. The highest BCUT2D eigenvalue weighted by atomic mass is 16.5. The number of hydrogen-bond donors (Lipinski definition) is 2. The van der Waals surface area contributed by atoms with Crippen LogP contribution in [0.25, 0.3) is 10.9 Å². The Hall–Kier alpha value is -2.49. The third-order valence-corrected chi connectivity index (χ3v) is 3.26. The second-order valence-electron chi connectivity index (χ2n) is 5.30. The average molecular weight is 281 g/mol. The van der Waals surface area contributed by atoms with Crippen LogP contribution >= 0.6 is 0 Å². The van der Waals surface area contributed by atoms with Gasteiger partial charge in [0.2, 0.25) is 0 Å².